The van der Waals surface area contributed by atoms with Crippen LogP contribution >= 0.6 is 0 Å². The number of aliphatic hydroxyl groups excluding tert-OH is 3. The van der Waals surface area contributed by atoms with Gasteiger partial charge < -0.3 is 34.3 Å². The van der Waals surface area contributed by atoms with Gasteiger partial charge in [-0.2, -0.15) is 8.42 Å². The van der Waals surface area contributed by atoms with Gasteiger partial charge in [-0.3, -0.25) is 9.35 Å². The van der Waals surface area contributed by atoms with Gasteiger partial charge in [-0.15, -0.1) is 0 Å². The minimum Gasteiger partial charge on any atom is -0.457 e. The normalized spacial score (nSPS) is 20.1. The molecule has 12 nitrogen and oxygen atoms in total. The predicted octanol–water partition coefficient (Wildman–Crippen LogP) is 11.9. The van der Waals surface area contributed by atoms with Crippen LogP contribution in [0.15, 0.2) is 72.9 Å². The van der Waals surface area contributed by atoms with Crippen molar-refractivity contribution in [2.75, 3.05) is 26.4 Å². The Kier molecular flexibility index (Phi) is 40.8. The molecule has 1 heterocycles. The minimum atomic E-state index is -5.08. The summed E-state index contributed by atoms with van der Waals surface area (Å²) >= 11 is 0. The van der Waals surface area contributed by atoms with Gasteiger partial charge in [0.25, 0.3) is 0 Å². The lowest BCUT2D eigenvalue weighted by atomic mass is 9.99. The van der Waals surface area contributed by atoms with Gasteiger partial charge in [-0.05, 0) is 51.4 Å². The van der Waals surface area contributed by atoms with Gasteiger partial charge in [0.1, 0.15) is 30.5 Å². The van der Waals surface area contributed by atoms with E-state index in [1.807, 2.05) is 12.2 Å². The molecule has 1 saturated heterocycles. The molecule has 0 saturated carbocycles. The van der Waals surface area contributed by atoms with Crippen molar-refractivity contribution in [3.8, 4) is 0 Å². The second-order valence-corrected chi connectivity index (χ2v) is 18.4. The Bertz CT molecular complexity index is 1420. The predicted molar refractivity (Wildman–Crippen MR) is 266 cm³/mol. The molecule has 6 atom stereocenters. The van der Waals surface area contributed by atoms with E-state index in [0.717, 1.165) is 57.8 Å². The smallest absolute Gasteiger partial charge is 0.397 e. The fourth-order valence-corrected chi connectivity index (χ4v) is 8.03. The van der Waals surface area contributed by atoms with Crippen molar-refractivity contribution in [3.63, 3.8) is 0 Å². The van der Waals surface area contributed by atoms with Crippen LogP contribution in [0.3, 0.4) is 0 Å². The highest BCUT2D eigenvalue weighted by atomic mass is 32.3. The van der Waals surface area contributed by atoms with Crippen LogP contribution in [0, 0.1) is 0 Å². The maximum atomic E-state index is 12.9. The molecule has 0 amide bonds. The molecular formula is C53H92O12S. The fraction of sp³-hybridized carbons (Fsp3) is 0.755. The highest BCUT2D eigenvalue weighted by molar-refractivity contribution is 7.80. The molecule has 0 aromatic carbocycles. The molecule has 0 spiro atoms. The van der Waals surface area contributed by atoms with E-state index < -0.39 is 59.8 Å². The van der Waals surface area contributed by atoms with E-state index in [9.17, 15) is 33.1 Å². The number of rotatable bonds is 44. The van der Waals surface area contributed by atoms with Crippen LogP contribution in [0.5, 0.6) is 0 Å². The highest BCUT2D eigenvalue weighted by Crippen LogP contribution is 2.26. The van der Waals surface area contributed by atoms with Gasteiger partial charge in [-0.1, -0.05) is 209 Å². The molecule has 66 heavy (non-hydrogen) atoms. The largest absolute Gasteiger partial charge is 0.457 e. The monoisotopic (exact) mass is 953 g/mol. The number of hydrogen-bond acceptors (Lipinski definition) is 11. The third-order valence-electron chi connectivity index (χ3n) is 11.4. The number of hydrogen-bond donors (Lipinski definition) is 4. The Hall–Kier alpha value is -2.46. The molecule has 0 radical (unpaired) electrons. The lowest BCUT2D eigenvalue weighted by Gasteiger charge is -2.41. The first-order chi connectivity index (χ1) is 32.1. The van der Waals surface area contributed by atoms with E-state index in [1.165, 1.54) is 109 Å². The number of carbonyl (C=O) groups excluding carboxylic acids is 1. The first kappa shape index (κ1) is 61.6. The third-order valence-corrected chi connectivity index (χ3v) is 11.8. The molecule has 1 rings (SSSR count). The first-order valence-corrected chi connectivity index (χ1v) is 27.1. The van der Waals surface area contributed by atoms with E-state index in [0.29, 0.717) is 13.0 Å². The van der Waals surface area contributed by atoms with Crippen molar-refractivity contribution in [1.29, 1.82) is 0 Å². The first-order valence-electron chi connectivity index (χ1n) is 25.7. The molecule has 0 aromatic rings. The number of allylic oxidation sites excluding steroid dienone is 12. The fourth-order valence-electron chi connectivity index (χ4n) is 7.52. The lowest BCUT2D eigenvalue weighted by Crippen LogP contribution is -2.60. The summed E-state index contributed by atoms with van der Waals surface area (Å²) in [5.41, 5.74) is 0. The van der Waals surface area contributed by atoms with Crippen LogP contribution in [-0.4, -0.2) is 97.5 Å². The lowest BCUT2D eigenvalue weighted by molar-refractivity contribution is -0.301. The quantitative estimate of drug-likeness (QED) is 0.0197. The van der Waals surface area contributed by atoms with Crippen LogP contribution in [0.4, 0.5) is 0 Å². The molecule has 0 aromatic heterocycles. The number of carbonyl (C=O) groups is 1. The van der Waals surface area contributed by atoms with Gasteiger partial charge in [0.05, 0.1) is 19.8 Å². The Labute approximate surface area is 401 Å². The van der Waals surface area contributed by atoms with Crippen molar-refractivity contribution < 1.29 is 56.2 Å². The number of esters is 1. The van der Waals surface area contributed by atoms with E-state index in [-0.39, 0.29) is 19.6 Å². The van der Waals surface area contributed by atoms with Crippen LogP contribution in [0.1, 0.15) is 194 Å². The molecule has 6 unspecified atom stereocenters. The summed E-state index contributed by atoms with van der Waals surface area (Å²) < 4.78 is 59.1. The Morgan fingerprint density at radius 3 is 1.44 bits per heavy atom. The van der Waals surface area contributed by atoms with Crippen molar-refractivity contribution >= 4 is 16.4 Å². The molecule has 13 heteroatoms. The number of aliphatic hydroxyl groups is 3. The van der Waals surface area contributed by atoms with Crippen LogP contribution in [-0.2, 0) is 38.3 Å². The second-order valence-electron chi connectivity index (χ2n) is 17.4. The standard InChI is InChI=1S/C53H92O12S/c1-3-5-7-9-11-13-15-17-19-21-23-25-27-29-31-33-35-37-39-41-43-61-45-47(46-62-53-51(57)52(65-66(58,59)60)50(56)48(44-54)64-53)63-49(55)42-40-38-36-34-32-30-28-26-24-22-20-18-16-14-12-10-8-6-4-2/h6,8,12,14,18,20,24,26,30,32,36,38,47-48,50-54,56-57H,3-5,7,9-11,13,15-17,19,21-23,25,27-29,31,33-35,37,39-46H2,1-2H3,(H,58,59,60)/b8-6-,14-12-,20-18-,26-24-,32-30-,38-36-. The maximum Gasteiger partial charge on any atom is 0.397 e. The summed E-state index contributed by atoms with van der Waals surface area (Å²) in [4.78, 5) is 12.9. The Morgan fingerprint density at radius 1 is 0.591 bits per heavy atom. The number of unbranched alkanes of at least 4 members (excludes halogenated alkanes) is 19. The van der Waals surface area contributed by atoms with Crippen molar-refractivity contribution in [1.82, 2.24) is 0 Å². The molecule has 0 bridgehead atoms. The zero-order valence-corrected chi connectivity index (χ0v) is 41.8. The van der Waals surface area contributed by atoms with Crippen LogP contribution < -0.4 is 0 Å². The van der Waals surface area contributed by atoms with Gasteiger partial charge in [0.2, 0.25) is 0 Å². The van der Waals surface area contributed by atoms with Gasteiger partial charge in [-0.25, -0.2) is 4.18 Å². The summed E-state index contributed by atoms with van der Waals surface area (Å²) in [6.45, 7) is 3.80. The topological polar surface area (TPSA) is 178 Å². The van der Waals surface area contributed by atoms with Crippen molar-refractivity contribution in [2.24, 2.45) is 0 Å². The summed E-state index contributed by atoms with van der Waals surface area (Å²) in [7, 11) is -5.08. The highest BCUT2D eigenvalue weighted by Gasteiger charge is 2.48. The summed E-state index contributed by atoms with van der Waals surface area (Å²) in [6, 6.07) is 0. The summed E-state index contributed by atoms with van der Waals surface area (Å²) in [5, 5.41) is 30.7. The average Bonchev–Trinajstić information content (AvgIpc) is 3.29. The van der Waals surface area contributed by atoms with Gasteiger partial charge >= 0.3 is 16.4 Å². The zero-order chi connectivity index (χ0) is 48.2. The van der Waals surface area contributed by atoms with Gasteiger partial charge in [0.15, 0.2) is 6.29 Å². The molecular weight excluding hydrogens is 861 g/mol. The Balaban J connectivity index is 2.41. The summed E-state index contributed by atoms with van der Waals surface area (Å²) in [6.07, 6.45) is 48.1. The molecule has 382 valence electrons. The molecule has 4 N–H and O–H groups in total. The SMILES string of the molecule is CC/C=C\C/C=C\C/C=C\C/C=C\C/C=C\C/C=C\CCC(=O)OC(COCCCCCCCCCCCCCCCCCCCCCC)COC1OC(CO)C(O)C(OS(=O)(=O)O)C1O. The van der Waals surface area contributed by atoms with E-state index in [2.05, 4.69) is 78.8 Å². The summed E-state index contributed by atoms with van der Waals surface area (Å²) in [5.74, 6) is -0.480. The minimum absolute atomic E-state index is 0.00456. The molecule has 1 aliphatic rings. The zero-order valence-electron chi connectivity index (χ0n) is 41.0. The second kappa shape index (κ2) is 43.8. The average molecular weight is 953 g/mol. The molecule has 0 aliphatic carbocycles. The van der Waals surface area contributed by atoms with Crippen molar-refractivity contribution in [3.05, 3.63) is 72.9 Å². The van der Waals surface area contributed by atoms with E-state index in [1.54, 1.807) is 0 Å². The van der Waals surface area contributed by atoms with Crippen LogP contribution in [0.25, 0.3) is 0 Å². The third kappa shape index (κ3) is 36.6. The van der Waals surface area contributed by atoms with Crippen molar-refractivity contribution in [2.45, 2.75) is 230 Å². The molecule has 1 aliphatic heterocycles. The maximum absolute atomic E-state index is 12.9. The van der Waals surface area contributed by atoms with E-state index >= 15 is 0 Å². The van der Waals surface area contributed by atoms with Gasteiger partial charge in [0, 0.05) is 13.0 Å². The van der Waals surface area contributed by atoms with E-state index in [4.69, 9.17) is 18.9 Å². The van der Waals surface area contributed by atoms with Crippen LogP contribution in [0.2, 0.25) is 0 Å². The Morgan fingerprint density at radius 2 is 1.02 bits per heavy atom. The number of ether oxygens (including phenoxy) is 4. The molecule has 1 fully saturated rings.